The summed E-state index contributed by atoms with van der Waals surface area (Å²) in [5.41, 5.74) is 0.563. The number of nitrogens with one attached hydrogen (secondary N) is 1. The molecule has 0 amide bonds. The predicted octanol–water partition coefficient (Wildman–Crippen LogP) is 2.33. The van der Waals surface area contributed by atoms with E-state index in [1.165, 1.54) is 32.1 Å². The third-order valence-electron chi connectivity index (χ3n) is 3.60. The van der Waals surface area contributed by atoms with Crippen LogP contribution in [-0.4, -0.2) is 25.3 Å². The molecular formula is C12H23NO. The smallest absolute Gasteiger partial charge is 0.0619 e. The van der Waals surface area contributed by atoms with Gasteiger partial charge in [-0.05, 0) is 37.5 Å². The van der Waals surface area contributed by atoms with Gasteiger partial charge in [-0.2, -0.15) is 0 Å². The molecule has 2 fully saturated rings. The van der Waals surface area contributed by atoms with Crippen LogP contribution in [0.2, 0.25) is 0 Å². The molecule has 14 heavy (non-hydrogen) atoms. The molecule has 0 bridgehead atoms. The van der Waals surface area contributed by atoms with Crippen molar-refractivity contribution in [3.63, 3.8) is 0 Å². The molecule has 1 saturated carbocycles. The highest BCUT2D eigenvalue weighted by Gasteiger charge is 2.32. The van der Waals surface area contributed by atoms with Crippen LogP contribution in [0, 0.1) is 5.41 Å². The standard InChI is InChI=1S/C12H23NO/c1-12(2)6-5-10(8-12)13-11-4-3-7-14-9-11/h10-11,13H,3-9H2,1-2H3/t10?,11-/m1/s1. The van der Waals surface area contributed by atoms with Gasteiger partial charge in [0.1, 0.15) is 0 Å². The van der Waals surface area contributed by atoms with Crippen molar-refractivity contribution in [1.82, 2.24) is 5.32 Å². The minimum atomic E-state index is 0.563. The van der Waals surface area contributed by atoms with Gasteiger partial charge < -0.3 is 10.1 Å². The number of rotatable bonds is 2. The first-order chi connectivity index (χ1) is 6.66. The van der Waals surface area contributed by atoms with Crippen molar-refractivity contribution in [3.8, 4) is 0 Å². The van der Waals surface area contributed by atoms with Crippen LogP contribution in [0.5, 0.6) is 0 Å². The lowest BCUT2D eigenvalue weighted by atomic mass is 9.91. The minimum Gasteiger partial charge on any atom is -0.380 e. The van der Waals surface area contributed by atoms with E-state index in [-0.39, 0.29) is 0 Å². The normalized spacial score (nSPS) is 37.3. The molecule has 1 saturated heterocycles. The Labute approximate surface area is 87.4 Å². The summed E-state index contributed by atoms with van der Waals surface area (Å²) in [6, 6.07) is 1.37. The molecule has 82 valence electrons. The fourth-order valence-electron chi connectivity index (χ4n) is 2.78. The third-order valence-corrected chi connectivity index (χ3v) is 3.60. The van der Waals surface area contributed by atoms with Crippen molar-refractivity contribution >= 4 is 0 Å². The highest BCUT2D eigenvalue weighted by Crippen LogP contribution is 2.37. The zero-order valence-corrected chi connectivity index (χ0v) is 9.51. The second-order valence-electron chi connectivity index (χ2n) is 5.68. The summed E-state index contributed by atoms with van der Waals surface area (Å²) < 4.78 is 5.48. The van der Waals surface area contributed by atoms with Gasteiger partial charge in [0.25, 0.3) is 0 Å². The van der Waals surface area contributed by atoms with Crippen molar-refractivity contribution in [2.75, 3.05) is 13.2 Å². The highest BCUT2D eigenvalue weighted by molar-refractivity contribution is 4.88. The Balaban J connectivity index is 1.75. The van der Waals surface area contributed by atoms with Gasteiger partial charge in [-0.25, -0.2) is 0 Å². The van der Waals surface area contributed by atoms with Gasteiger partial charge in [-0.15, -0.1) is 0 Å². The molecule has 0 aromatic carbocycles. The van der Waals surface area contributed by atoms with Crippen LogP contribution < -0.4 is 5.32 Å². The quantitative estimate of drug-likeness (QED) is 0.733. The van der Waals surface area contributed by atoms with E-state index in [1.807, 2.05) is 0 Å². The van der Waals surface area contributed by atoms with Gasteiger partial charge in [0, 0.05) is 18.7 Å². The molecule has 1 heterocycles. The van der Waals surface area contributed by atoms with E-state index in [0.29, 0.717) is 11.5 Å². The highest BCUT2D eigenvalue weighted by atomic mass is 16.5. The predicted molar refractivity (Wildman–Crippen MR) is 58.4 cm³/mol. The molecule has 1 aliphatic carbocycles. The Morgan fingerprint density at radius 3 is 2.64 bits per heavy atom. The van der Waals surface area contributed by atoms with Crippen molar-refractivity contribution in [2.45, 2.75) is 58.0 Å². The molecule has 2 atom stereocenters. The van der Waals surface area contributed by atoms with E-state index < -0.39 is 0 Å². The van der Waals surface area contributed by atoms with Gasteiger partial charge in [-0.3, -0.25) is 0 Å². The number of ether oxygens (including phenoxy) is 1. The monoisotopic (exact) mass is 197 g/mol. The van der Waals surface area contributed by atoms with Gasteiger partial charge in [-0.1, -0.05) is 13.8 Å². The summed E-state index contributed by atoms with van der Waals surface area (Å²) in [5, 5.41) is 3.75. The van der Waals surface area contributed by atoms with E-state index in [2.05, 4.69) is 19.2 Å². The zero-order chi connectivity index (χ0) is 10.0. The molecule has 0 aromatic rings. The average Bonchev–Trinajstić information content (AvgIpc) is 2.47. The molecule has 2 aliphatic rings. The Morgan fingerprint density at radius 2 is 2.07 bits per heavy atom. The van der Waals surface area contributed by atoms with Gasteiger partial charge in [0.2, 0.25) is 0 Å². The van der Waals surface area contributed by atoms with Crippen LogP contribution in [0.3, 0.4) is 0 Å². The molecule has 0 radical (unpaired) electrons. The molecule has 0 aromatic heterocycles. The molecule has 1 unspecified atom stereocenters. The topological polar surface area (TPSA) is 21.3 Å². The third kappa shape index (κ3) is 2.71. The Kier molecular flexibility index (Phi) is 3.13. The first-order valence-corrected chi connectivity index (χ1v) is 5.99. The summed E-state index contributed by atoms with van der Waals surface area (Å²) in [7, 11) is 0. The van der Waals surface area contributed by atoms with Crippen molar-refractivity contribution in [3.05, 3.63) is 0 Å². The van der Waals surface area contributed by atoms with E-state index in [9.17, 15) is 0 Å². The molecule has 2 rings (SSSR count). The lowest BCUT2D eigenvalue weighted by molar-refractivity contribution is 0.0661. The summed E-state index contributed by atoms with van der Waals surface area (Å²) in [5.74, 6) is 0. The van der Waals surface area contributed by atoms with Crippen molar-refractivity contribution in [1.29, 1.82) is 0 Å². The van der Waals surface area contributed by atoms with Gasteiger partial charge in [0.15, 0.2) is 0 Å². The first-order valence-electron chi connectivity index (χ1n) is 5.99. The summed E-state index contributed by atoms with van der Waals surface area (Å²) in [6.07, 6.45) is 6.59. The van der Waals surface area contributed by atoms with Crippen LogP contribution in [0.15, 0.2) is 0 Å². The lowest BCUT2D eigenvalue weighted by Crippen LogP contribution is -2.42. The van der Waals surface area contributed by atoms with Gasteiger partial charge in [0.05, 0.1) is 6.61 Å². The Hall–Kier alpha value is -0.0800. The fraction of sp³-hybridized carbons (Fsp3) is 1.00. The Morgan fingerprint density at radius 1 is 1.21 bits per heavy atom. The van der Waals surface area contributed by atoms with Crippen molar-refractivity contribution in [2.24, 2.45) is 5.41 Å². The summed E-state index contributed by atoms with van der Waals surface area (Å²) in [4.78, 5) is 0. The van der Waals surface area contributed by atoms with E-state index in [0.717, 1.165) is 19.3 Å². The molecular weight excluding hydrogens is 174 g/mol. The van der Waals surface area contributed by atoms with Crippen LogP contribution in [0.1, 0.15) is 46.0 Å². The average molecular weight is 197 g/mol. The Bertz CT molecular complexity index is 185. The number of hydrogen-bond acceptors (Lipinski definition) is 2. The molecule has 2 heteroatoms. The molecule has 0 spiro atoms. The second-order valence-corrected chi connectivity index (χ2v) is 5.68. The SMILES string of the molecule is CC1(C)CCC(N[C@@H]2CCCOC2)C1. The maximum atomic E-state index is 5.48. The first kappa shape index (κ1) is 10.4. The van der Waals surface area contributed by atoms with Crippen LogP contribution >= 0.6 is 0 Å². The minimum absolute atomic E-state index is 0.563. The zero-order valence-electron chi connectivity index (χ0n) is 9.51. The second kappa shape index (κ2) is 4.19. The molecule has 2 nitrogen and oxygen atoms in total. The van der Waals surface area contributed by atoms with E-state index in [1.54, 1.807) is 0 Å². The van der Waals surface area contributed by atoms with E-state index in [4.69, 9.17) is 4.74 Å². The fourth-order valence-corrected chi connectivity index (χ4v) is 2.78. The van der Waals surface area contributed by atoms with Crippen molar-refractivity contribution < 1.29 is 4.74 Å². The lowest BCUT2D eigenvalue weighted by Gasteiger charge is -2.27. The molecule has 1 aliphatic heterocycles. The largest absolute Gasteiger partial charge is 0.380 e. The van der Waals surface area contributed by atoms with E-state index >= 15 is 0 Å². The summed E-state index contributed by atoms with van der Waals surface area (Å²) in [6.45, 7) is 6.66. The summed E-state index contributed by atoms with van der Waals surface area (Å²) >= 11 is 0. The van der Waals surface area contributed by atoms with Crippen LogP contribution in [0.25, 0.3) is 0 Å². The number of hydrogen-bond donors (Lipinski definition) is 1. The maximum Gasteiger partial charge on any atom is 0.0619 e. The van der Waals surface area contributed by atoms with Crippen LogP contribution in [0.4, 0.5) is 0 Å². The van der Waals surface area contributed by atoms with Gasteiger partial charge >= 0.3 is 0 Å². The maximum absolute atomic E-state index is 5.48. The van der Waals surface area contributed by atoms with Crippen LogP contribution in [-0.2, 0) is 4.74 Å². The molecule has 1 N–H and O–H groups in total.